The van der Waals surface area contributed by atoms with Crippen LogP contribution in [0.5, 0.6) is 0 Å². The fourth-order valence-electron chi connectivity index (χ4n) is 3.75. The van der Waals surface area contributed by atoms with Gasteiger partial charge in [-0.05, 0) is 38.0 Å². The van der Waals surface area contributed by atoms with Crippen LogP contribution in [-0.4, -0.2) is 44.7 Å². The van der Waals surface area contributed by atoms with Crippen LogP contribution in [0.4, 0.5) is 0 Å². The minimum absolute atomic E-state index is 0.0126. The monoisotopic (exact) mass is 382 g/mol. The lowest BCUT2D eigenvalue weighted by Gasteiger charge is -2.19. The second kappa shape index (κ2) is 13.9. The number of hydrogen-bond donors (Lipinski definition) is 4. The van der Waals surface area contributed by atoms with Gasteiger partial charge in [0.25, 0.3) is 0 Å². The zero-order chi connectivity index (χ0) is 20.1. The summed E-state index contributed by atoms with van der Waals surface area (Å²) in [5, 5.41) is 39.2. The third-order valence-corrected chi connectivity index (χ3v) is 5.41. The highest BCUT2D eigenvalue weighted by Crippen LogP contribution is 2.36. The van der Waals surface area contributed by atoms with E-state index in [4.69, 9.17) is 5.11 Å². The lowest BCUT2D eigenvalue weighted by molar-refractivity contribution is -0.137. The summed E-state index contributed by atoms with van der Waals surface area (Å²) < 4.78 is 0. The number of aliphatic carboxylic acids is 1. The molecule has 0 radical (unpaired) electrons. The molecule has 0 spiro atoms. The van der Waals surface area contributed by atoms with Crippen LogP contribution in [0.1, 0.15) is 77.6 Å². The van der Waals surface area contributed by atoms with E-state index in [0.717, 1.165) is 25.7 Å². The summed E-state index contributed by atoms with van der Waals surface area (Å²) in [7, 11) is 0. The molecule has 0 unspecified atom stereocenters. The summed E-state index contributed by atoms with van der Waals surface area (Å²) in [5.74, 6) is -0.932. The van der Waals surface area contributed by atoms with Gasteiger partial charge in [-0.3, -0.25) is 4.79 Å². The molecule has 5 nitrogen and oxygen atoms in total. The highest BCUT2D eigenvalue weighted by molar-refractivity contribution is 5.66. The van der Waals surface area contributed by atoms with Crippen LogP contribution >= 0.6 is 0 Å². The van der Waals surface area contributed by atoms with Crippen LogP contribution < -0.4 is 0 Å². The van der Waals surface area contributed by atoms with Crippen molar-refractivity contribution in [2.45, 2.75) is 95.9 Å². The van der Waals surface area contributed by atoms with Gasteiger partial charge in [0, 0.05) is 18.8 Å². The van der Waals surface area contributed by atoms with Crippen molar-refractivity contribution in [1.29, 1.82) is 0 Å². The third kappa shape index (κ3) is 10.1. The number of rotatable bonds is 14. The first-order valence-corrected chi connectivity index (χ1v) is 10.5. The van der Waals surface area contributed by atoms with E-state index in [1.165, 1.54) is 19.3 Å². The van der Waals surface area contributed by atoms with Gasteiger partial charge in [-0.25, -0.2) is 0 Å². The summed E-state index contributed by atoms with van der Waals surface area (Å²) >= 11 is 0. The lowest BCUT2D eigenvalue weighted by Crippen LogP contribution is -2.20. The molecule has 4 N–H and O–H groups in total. The Morgan fingerprint density at radius 1 is 1.07 bits per heavy atom. The highest BCUT2D eigenvalue weighted by Gasteiger charge is 2.39. The fourth-order valence-corrected chi connectivity index (χ4v) is 3.75. The molecule has 0 bridgehead atoms. The molecule has 1 aliphatic rings. The topological polar surface area (TPSA) is 98.0 Å². The normalized spacial score (nSPS) is 27.0. The molecule has 1 saturated carbocycles. The predicted octanol–water partition coefficient (Wildman–Crippen LogP) is 3.82. The van der Waals surface area contributed by atoms with Gasteiger partial charge >= 0.3 is 5.97 Å². The molecular weight excluding hydrogens is 344 g/mol. The van der Waals surface area contributed by atoms with E-state index in [1.54, 1.807) is 6.08 Å². The zero-order valence-corrected chi connectivity index (χ0v) is 16.7. The van der Waals surface area contributed by atoms with Crippen LogP contribution in [-0.2, 0) is 4.79 Å². The van der Waals surface area contributed by atoms with E-state index in [2.05, 4.69) is 19.1 Å². The van der Waals surface area contributed by atoms with Gasteiger partial charge in [0.05, 0.1) is 18.3 Å². The SMILES string of the molecule is CCCCC/C=C\C[C@H]1[C@H](/C=C/[C@H](O)CCCCCC(=O)O)[C@H](O)C[C@@H]1O. The van der Waals surface area contributed by atoms with Gasteiger partial charge in [0.15, 0.2) is 0 Å². The Morgan fingerprint density at radius 2 is 1.85 bits per heavy atom. The van der Waals surface area contributed by atoms with Crippen molar-refractivity contribution in [1.82, 2.24) is 0 Å². The third-order valence-electron chi connectivity index (χ3n) is 5.41. The molecule has 0 aliphatic heterocycles. The molecule has 27 heavy (non-hydrogen) atoms. The minimum atomic E-state index is -0.783. The van der Waals surface area contributed by atoms with Gasteiger partial charge in [-0.15, -0.1) is 0 Å². The first-order valence-electron chi connectivity index (χ1n) is 10.5. The molecule has 1 fully saturated rings. The van der Waals surface area contributed by atoms with Crippen molar-refractivity contribution in [3.05, 3.63) is 24.3 Å². The van der Waals surface area contributed by atoms with Crippen LogP contribution in [0.15, 0.2) is 24.3 Å². The number of aliphatic hydroxyl groups is 3. The maximum atomic E-state index is 10.5. The second-order valence-corrected chi connectivity index (χ2v) is 7.76. The predicted molar refractivity (Wildman–Crippen MR) is 107 cm³/mol. The number of hydrogen-bond acceptors (Lipinski definition) is 4. The Bertz CT molecular complexity index is 460. The van der Waals surface area contributed by atoms with E-state index in [0.29, 0.717) is 19.3 Å². The minimum Gasteiger partial charge on any atom is -0.481 e. The summed E-state index contributed by atoms with van der Waals surface area (Å²) in [6, 6.07) is 0. The van der Waals surface area contributed by atoms with Crippen molar-refractivity contribution in [3.63, 3.8) is 0 Å². The zero-order valence-electron chi connectivity index (χ0n) is 16.7. The maximum Gasteiger partial charge on any atom is 0.303 e. The molecular formula is C22H38O5. The molecule has 5 heteroatoms. The molecule has 0 aromatic heterocycles. The second-order valence-electron chi connectivity index (χ2n) is 7.76. The fraction of sp³-hybridized carbons (Fsp3) is 0.773. The summed E-state index contributed by atoms with van der Waals surface area (Å²) in [6.07, 6.45) is 14.9. The van der Waals surface area contributed by atoms with Crippen LogP contribution in [0, 0.1) is 11.8 Å². The van der Waals surface area contributed by atoms with Gasteiger partial charge in [0.1, 0.15) is 0 Å². The van der Waals surface area contributed by atoms with Crippen LogP contribution in [0.25, 0.3) is 0 Å². The number of unbranched alkanes of at least 4 members (excludes halogenated alkanes) is 5. The number of carbonyl (C=O) groups is 1. The quantitative estimate of drug-likeness (QED) is 0.270. The Labute approximate surface area is 163 Å². The number of carboxylic acids is 1. The molecule has 0 aromatic carbocycles. The van der Waals surface area contributed by atoms with Crippen molar-refractivity contribution in [2.24, 2.45) is 11.8 Å². The Morgan fingerprint density at radius 3 is 2.56 bits per heavy atom. The van der Waals surface area contributed by atoms with Crippen LogP contribution in [0.2, 0.25) is 0 Å². The van der Waals surface area contributed by atoms with E-state index in [1.807, 2.05) is 6.08 Å². The molecule has 0 aromatic rings. The number of allylic oxidation sites excluding steroid dienone is 2. The molecule has 1 rings (SSSR count). The van der Waals surface area contributed by atoms with Gasteiger partial charge in [-0.1, -0.05) is 56.9 Å². The van der Waals surface area contributed by atoms with Gasteiger partial charge in [0.2, 0.25) is 0 Å². The van der Waals surface area contributed by atoms with Crippen molar-refractivity contribution >= 4 is 5.97 Å². The average Bonchev–Trinajstić information content (AvgIpc) is 2.88. The molecule has 156 valence electrons. The maximum absolute atomic E-state index is 10.5. The van der Waals surface area contributed by atoms with Gasteiger partial charge < -0.3 is 20.4 Å². The van der Waals surface area contributed by atoms with E-state index < -0.39 is 24.3 Å². The van der Waals surface area contributed by atoms with Crippen molar-refractivity contribution in [2.75, 3.05) is 0 Å². The van der Waals surface area contributed by atoms with Crippen molar-refractivity contribution in [3.8, 4) is 0 Å². The highest BCUT2D eigenvalue weighted by atomic mass is 16.4. The number of aliphatic hydroxyl groups excluding tert-OH is 3. The van der Waals surface area contributed by atoms with Crippen molar-refractivity contribution < 1.29 is 25.2 Å². The van der Waals surface area contributed by atoms with Crippen LogP contribution in [0.3, 0.4) is 0 Å². The molecule has 0 amide bonds. The molecule has 0 heterocycles. The standard InChI is InChI=1S/C22H38O5/c1-2-3-4-5-6-9-12-18-19(21(25)16-20(18)24)15-14-17(23)11-8-7-10-13-22(26)27/h6,9,14-15,17-21,23-25H,2-5,7-8,10-13,16H2,1H3,(H,26,27)/b9-6-,15-14+/t17-,18+,19+,20+,21-/m1/s1. The Kier molecular flexibility index (Phi) is 12.3. The molecule has 0 saturated heterocycles. The summed E-state index contributed by atoms with van der Waals surface area (Å²) in [4.78, 5) is 10.5. The Balaban J connectivity index is 2.39. The van der Waals surface area contributed by atoms with Gasteiger partial charge in [-0.2, -0.15) is 0 Å². The summed E-state index contributed by atoms with van der Waals surface area (Å²) in [6.45, 7) is 2.18. The van der Waals surface area contributed by atoms with E-state index >= 15 is 0 Å². The smallest absolute Gasteiger partial charge is 0.303 e. The first kappa shape index (κ1) is 23.9. The van der Waals surface area contributed by atoms with E-state index in [9.17, 15) is 20.1 Å². The summed E-state index contributed by atoms with van der Waals surface area (Å²) in [5.41, 5.74) is 0. The lowest BCUT2D eigenvalue weighted by atomic mass is 9.89. The molecule has 5 atom stereocenters. The Hall–Kier alpha value is -1.17. The average molecular weight is 383 g/mol. The largest absolute Gasteiger partial charge is 0.481 e. The number of carboxylic acid groups (broad SMARTS) is 1. The first-order chi connectivity index (χ1) is 13.0. The van der Waals surface area contributed by atoms with E-state index in [-0.39, 0.29) is 18.3 Å². The molecule has 1 aliphatic carbocycles.